The van der Waals surface area contributed by atoms with E-state index in [1.807, 2.05) is 30.4 Å². The van der Waals surface area contributed by atoms with Crippen molar-refractivity contribution in [3.63, 3.8) is 0 Å². The van der Waals surface area contributed by atoms with Crippen LogP contribution in [0.25, 0.3) is 55.7 Å². The summed E-state index contributed by atoms with van der Waals surface area (Å²) < 4.78 is 0. The van der Waals surface area contributed by atoms with Crippen molar-refractivity contribution in [3.8, 4) is 44.5 Å². The highest BCUT2D eigenvalue weighted by atomic mass is 14.5. The predicted octanol–water partition coefficient (Wildman–Crippen LogP) is 20.0. The second-order valence-electron chi connectivity index (χ2n) is 22.2. The summed E-state index contributed by atoms with van der Waals surface area (Å²) in [7, 11) is 0. The lowest BCUT2D eigenvalue weighted by Gasteiger charge is -2.32. The molecule has 5 aliphatic rings. The second-order valence-corrected chi connectivity index (χ2v) is 22.2. The summed E-state index contributed by atoms with van der Waals surface area (Å²) in [5, 5.41) is 0. The third-order valence-electron chi connectivity index (χ3n) is 16.4. The molecule has 0 heteroatoms. The first kappa shape index (κ1) is 50.7. The van der Waals surface area contributed by atoms with E-state index in [0.29, 0.717) is 0 Å². The van der Waals surface area contributed by atoms with Crippen LogP contribution in [0.1, 0.15) is 141 Å². The van der Waals surface area contributed by atoms with Crippen molar-refractivity contribution in [2.24, 2.45) is 0 Å². The molecule has 2 bridgehead atoms. The van der Waals surface area contributed by atoms with Gasteiger partial charge < -0.3 is 0 Å². The zero-order chi connectivity index (χ0) is 52.1. The zero-order valence-corrected chi connectivity index (χ0v) is 45.9. The van der Waals surface area contributed by atoms with Gasteiger partial charge in [-0.15, -0.1) is 5.73 Å². The SMILES string of the molecule is C=C=CC(=C/C)/C(=C\C=C)c1c(C)c2c(c3c1-c1ccc(C)cc1C3(C)C)C(C)(C)C(=C/C)/C2=C\CC.Cc1ccc2c(c1)C(C)(C)c1cc(-c3ccccc3)c3c(c1-2)-c1ccc(cc1)C3.Cc1ccccc1. The normalized spacial score (nSPS) is 16.6. The molecule has 0 N–H and O–H groups in total. The molecule has 0 nitrogen and oxygen atoms in total. The van der Waals surface area contributed by atoms with Gasteiger partial charge in [0.1, 0.15) is 0 Å². The van der Waals surface area contributed by atoms with Crippen LogP contribution in [-0.2, 0) is 22.7 Å². The van der Waals surface area contributed by atoms with E-state index >= 15 is 0 Å². The van der Waals surface area contributed by atoms with Crippen LogP contribution in [0.2, 0.25) is 0 Å². The fraction of sp³-hybridized carbons (Fsp3) is 0.247. The molecule has 0 spiro atoms. The van der Waals surface area contributed by atoms with Gasteiger partial charge in [0.15, 0.2) is 0 Å². The van der Waals surface area contributed by atoms with E-state index < -0.39 is 0 Å². The van der Waals surface area contributed by atoms with E-state index in [1.165, 1.54) is 134 Å². The number of allylic oxidation sites excluding steroid dienone is 10. The average molecular weight is 951 g/mol. The van der Waals surface area contributed by atoms with Crippen molar-refractivity contribution < 1.29 is 0 Å². The Bertz CT molecular complexity index is 3510. The maximum absolute atomic E-state index is 4.10. The highest BCUT2D eigenvalue weighted by Crippen LogP contribution is 2.63. The number of hydrogen-bond donors (Lipinski definition) is 0. The molecule has 0 unspecified atom stereocenters. The minimum atomic E-state index is -0.120. The Hall–Kier alpha value is -7.24. The van der Waals surface area contributed by atoms with Crippen molar-refractivity contribution >= 4 is 11.1 Å². The summed E-state index contributed by atoms with van der Waals surface area (Å²) in [4.78, 5) is 0. The minimum Gasteiger partial charge on any atom is -0.128 e. The summed E-state index contributed by atoms with van der Waals surface area (Å²) in [5.74, 6) is 0. The Morgan fingerprint density at radius 2 is 1.18 bits per heavy atom. The Labute approximate surface area is 438 Å². The monoisotopic (exact) mass is 951 g/mol. The number of aryl methyl sites for hydroxylation is 3. The Kier molecular flexibility index (Phi) is 13.6. The van der Waals surface area contributed by atoms with E-state index in [0.717, 1.165) is 18.4 Å². The van der Waals surface area contributed by atoms with Crippen LogP contribution in [0.5, 0.6) is 0 Å². The second kappa shape index (κ2) is 19.6. The molecule has 0 saturated heterocycles. The molecule has 5 aliphatic carbocycles. The van der Waals surface area contributed by atoms with Gasteiger partial charge in [0, 0.05) is 16.2 Å². The molecular formula is C73H74. The van der Waals surface area contributed by atoms with Gasteiger partial charge in [-0.3, -0.25) is 0 Å². The molecular weight excluding hydrogens is 877 g/mol. The molecule has 0 atom stereocenters. The van der Waals surface area contributed by atoms with Crippen LogP contribution in [0.4, 0.5) is 0 Å². The molecule has 73 heavy (non-hydrogen) atoms. The molecule has 0 fully saturated rings. The summed E-state index contributed by atoms with van der Waals surface area (Å²) in [6.07, 6.45) is 15.0. The van der Waals surface area contributed by atoms with Gasteiger partial charge >= 0.3 is 0 Å². The zero-order valence-electron chi connectivity index (χ0n) is 45.9. The Balaban J connectivity index is 0.000000161. The largest absolute Gasteiger partial charge is 0.128 e. The minimum absolute atomic E-state index is 0.000683. The van der Waals surface area contributed by atoms with Crippen LogP contribution in [-0.4, -0.2) is 0 Å². The lowest BCUT2D eigenvalue weighted by Crippen LogP contribution is -2.25. The third-order valence-corrected chi connectivity index (χ3v) is 16.4. The van der Waals surface area contributed by atoms with Gasteiger partial charge in [-0.25, -0.2) is 0 Å². The molecule has 0 aliphatic heterocycles. The number of hydrogen-bond acceptors (Lipinski definition) is 0. The summed E-state index contributed by atoms with van der Waals surface area (Å²) >= 11 is 0. The van der Waals surface area contributed by atoms with E-state index in [-0.39, 0.29) is 16.2 Å². The first-order valence-corrected chi connectivity index (χ1v) is 26.5. The average Bonchev–Trinajstić information content (AvgIpc) is 3.66. The molecule has 7 aromatic rings. The first-order valence-electron chi connectivity index (χ1n) is 26.5. The van der Waals surface area contributed by atoms with Crippen LogP contribution < -0.4 is 0 Å². The van der Waals surface area contributed by atoms with Crippen LogP contribution >= 0.6 is 0 Å². The van der Waals surface area contributed by atoms with Gasteiger partial charge in [-0.2, -0.15) is 0 Å². The summed E-state index contributed by atoms with van der Waals surface area (Å²) in [6, 6.07) is 46.9. The smallest absolute Gasteiger partial charge is 0.0162 e. The topological polar surface area (TPSA) is 0 Å². The Morgan fingerprint density at radius 1 is 0.589 bits per heavy atom. The first-order chi connectivity index (χ1) is 34.9. The number of fused-ring (bicyclic) bond motifs is 10. The Morgan fingerprint density at radius 3 is 1.73 bits per heavy atom. The van der Waals surface area contributed by atoms with Crippen LogP contribution in [0, 0.1) is 27.7 Å². The lowest BCUT2D eigenvalue weighted by molar-refractivity contribution is 0.599. The van der Waals surface area contributed by atoms with E-state index in [9.17, 15) is 0 Å². The van der Waals surface area contributed by atoms with Gasteiger partial charge in [-0.1, -0.05) is 230 Å². The molecule has 0 radical (unpaired) electrons. The summed E-state index contributed by atoms with van der Waals surface area (Å²) in [6.45, 7) is 37.8. The van der Waals surface area contributed by atoms with Crippen LogP contribution in [0.15, 0.2) is 194 Å². The highest BCUT2D eigenvalue weighted by molar-refractivity contribution is 6.04. The quantitative estimate of drug-likeness (QED) is 0.115. The van der Waals surface area contributed by atoms with E-state index in [2.05, 4.69) is 242 Å². The maximum atomic E-state index is 4.10. The van der Waals surface area contributed by atoms with Crippen molar-refractivity contribution in [2.75, 3.05) is 0 Å². The molecule has 7 aromatic carbocycles. The van der Waals surface area contributed by atoms with Crippen molar-refractivity contribution in [3.05, 3.63) is 266 Å². The van der Waals surface area contributed by atoms with E-state index in [1.54, 1.807) is 0 Å². The lowest BCUT2D eigenvalue weighted by atomic mass is 9.70. The molecule has 0 aromatic heterocycles. The maximum Gasteiger partial charge on any atom is 0.0162 e. The predicted molar refractivity (Wildman–Crippen MR) is 318 cm³/mol. The standard InChI is InChI=1S/C37H42.C29H24.C7H8/c1-12-17-25(15-4)26(18-13-2)31-24(7)32-27(19-14-3)29(16-5)36(8,9)34(32)35-33(31)28-21-20-23(6)22-30(28)37(35,10)11;1-18-9-14-22-25(15-18)29(2,3)26-17-23(20-7-5-4-6-8-20)24-16-19-10-12-21(13-11-19)27(24)28(22)26;1-7-5-3-2-4-6-7/h13,15-22H,1-2,14H2,3-11H3;4-15,17H,16H2,1-3H3;2-6H,1H3/b25-15-,26-18+,27-19+,29-16+;;. The molecule has 0 amide bonds. The van der Waals surface area contributed by atoms with Gasteiger partial charge in [0.05, 0.1) is 0 Å². The van der Waals surface area contributed by atoms with Gasteiger partial charge in [0.2, 0.25) is 0 Å². The summed E-state index contributed by atoms with van der Waals surface area (Å²) in [5.41, 5.74) is 37.2. The molecule has 0 saturated carbocycles. The number of benzene rings is 7. The third kappa shape index (κ3) is 8.45. The van der Waals surface area contributed by atoms with Crippen LogP contribution in [0.3, 0.4) is 0 Å². The van der Waals surface area contributed by atoms with Gasteiger partial charge in [-0.05, 0) is 189 Å². The number of rotatable bonds is 6. The molecule has 366 valence electrons. The van der Waals surface area contributed by atoms with Crippen molar-refractivity contribution in [1.82, 2.24) is 0 Å². The fourth-order valence-corrected chi connectivity index (χ4v) is 12.9. The molecule has 12 rings (SSSR count). The fourth-order valence-electron chi connectivity index (χ4n) is 12.9. The highest BCUT2D eigenvalue weighted by Gasteiger charge is 2.49. The van der Waals surface area contributed by atoms with E-state index in [4.69, 9.17) is 0 Å². The molecule has 0 heterocycles. The van der Waals surface area contributed by atoms with Gasteiger partial charge in [0.25, 0.3) is 0 Å². The van der Waals surface area contributed by atoms with Crippen molar-refractivity contribution in [1.29, 1.82) is 0 Å². The van der Waals surface area contributed by atoms with Crippen molar-refractivity contribution in [2.45, 2.75) is 119 Å².